The Kier molecular flexibility index (Phi) is 29.9. The maximum atomic E-state index is 15.7. The standard InChI is InChI=1S/C78H122F6N12O14/c1-15-21-55-66(100)86-65(46(4)16-2)73(107)95(51-31-32-51)43-64(99)91(11)56-22-19-18-20-35-94(72(56)106)60(37-48-25-29-50(30-26-48)77(79,80)81)70(104)89(9)42-62(97)85-54(34-28-49-27-33-53(78(82,83)84)61(38-49)109-14)68(102)96-41-52(110-17-3)39-57(96)67(101)87-76(44-75(5,6)45-76)74(108)93(13)58(36-47-23-24-47)71(105)92(12)59(69(103)88(7)8)40-63(98)90(55)10/h18-19,46-61,65H,15-17,20-45H2,1-14H3,(H,85,97)(H,86,100)(H,87,101)/b19-18-/t46-,48?,49?,50?,52+,53?,54-,55-,56-,57-,58-,59-,60-,61?,65-/m0/s1. The highest BCUT2D eigenvalue weighted by Crippen LogP contribution is 2.50. The number of carbonyl (C=O) groups is 12. The van der Waals surface area contributed by atoms with Gasteiger partial charge in [-0.25, -0.2) is 0 Å². The Balaban J connectivity index is 1.21. The largest absolute Gasteiger partial charge is 0.394 e. The van der Waals surface area contributed by atoms with Crippen molar-refractivity contribution in [2.24, 2.45) is 40.9 Å². The minimum atomic E-state index is -4.57. The summed E-state index contributed by atoms with van der Waals surface area (Å²) < 4.78 is 97.1. The summed E-state index contributed by atoms with van der Waals surface area (Å²) in [6.07, 6.45) is -5.48. The number of halogens is 6. The number of methoxy groups -OCH3 is 1. The topological polar surface area (TPSA) is 289 Å². The van der Waals surface area contributed by atoms with Crippen LogP contribution >= 0.6 is 0 Å². The predicted molar refractivity (Wildman–Crippen MR) is 394 cm³/mol. The van der Waals surface area contributed by atoms with Gasteiger partial charge in [-0.2, -0.15) is 26.3 Å². The van der Waals surface area contributed by atoms with Crippen LogP contribution in [0.1, 0.15) is 196 Å². The molecule has 2 saturated heterocycles. The second-order valence-corrected chi connectivity index (χ2v) is 33.9. The molecule has 13 atom stereocenters. The Morgan fingerprint density at radius 1 is 0.627 bits per heavy atom. The first-order valence-corrected chi connectivity index (χ1v) is 39.9. The van der Waals surface area contributed by atoms with Crippen molar-refractivity contribution in [2.45, 2.75) is 280 Å². The molecule has 2 bridgehead atoms. The van der Waals surface area contributed by atoms with E-state index < -0.39 is 210 Å². The van der Waals surface area contributed by atoms with Gasteiger partial charge in [0.05, 0.1) is 37.0 Å². The Hall–Kier alpha value is -7.12. The normalized spacial score (nSPS) is 31.8. The first-order chi connectivity index (χ1) is 51.6. The number of amides is 12. The van der Waals surface area contributed by atoms with Crippen molar-refractivity contribution in [1.82, 2.24) is 60.0 Å². The molecule has 12 amide bonds. The third kappa shape index (κ3) is 21.6. The zero-order valence-electron chi connectivity index (χ0n) is 67.0. The van der Waals surface area contributed by atoms with Crippen LogP contribution < -0.4 is 16.0 Å². The molecule has 0 aromatic heterocycles. The summed E-state index contributed by atoms with van der Waals surface area (Å²) in [6, 6.07) is -11.3. The lowest BCUT2D eigenvalue weighted by Crippen LogP contribution is -2.71. The van der Waals surface area contributed by atoms with Crippen molar-refractivity contribution < 1.29 is 93.4 Å². The molecule has 5 saturated carbocycles. The van der Waals surface area contributed by atoms with E-state index >= 15 is 33.6 Å². The van der Waals surface area contributed by atoms with Crippen molar-refractivity contribution >= 4 is 70.9 Å². The number of alkyl halides is 6. The van der Waals surface area contributed by atoms with Crippen molar-refractivity contribution in [3.63, 3.8) is 0 Å². The summed E-state index contributed by atoms with van der Waals surface area (Å²) in [5.74, 6) is -13.6. The van der Waals surface area contributed by atoms with Crippen LogP contribution in [0, 0.1) is 40.9 Å². The van der Waals surface area contributed by atoms with Crippen molar-refractivity contribution in [3.8, 4) is 0 Å². The smallest absolute Gasteiger partial charge is 0.381 e. The van der Waals surface area contributed by atoms with Gasteiger partial charge < -0.3 is 69.5 Å². The van der Waals surface area contributed by atoms with Gasteiger partial charge in [-0.1, -0.05) is 72.5 Å². The maximum Gasteiger partial charge on any atom is 0.394 e. The van der Waals surface area contributed by atoms with E-state index in [9.17, 15) is 50.3 Å². The molecular formula is C78H122F6N12O14. The SMILES string of the molecule is CCC[C@H]1C(=O)N[C@@H]([C@@H](C)CC)C(=O)N(C2CC2)CC(=O)N(C)[C@H]2C/C=C\CCN(C2=O)[C@@H](CC2CCC(C(F)(F)F)CC2)C(=O)N(C)CC(=O)N[C@@H](CCC2CCC(C(F)(F)F)C(OC)C2)C(=O)N2C[C@H](OCC)C[C@H]2C(=O)NC2(CC(C)(C)C2)C(=O)N(C)[C@@H](CC2CC2)C(=O)N(C)[C@H](C(=O)N(C)C)CC(=O)N1C. The molecule has 3 aliphatic heterocycles. The van der Waals surface area contributed by atoms with Crippen LogP contribution in [0.3, 0.4) is 0 Å². The fraction of sp³-hybridized carbons (Fsp3) is 0.821. The molecule has 8 rings (SSSR count). The van der Waals surface area contributed by atoms with E-state index in [1.54, 1.807) is 32.9 Å². The molecule has 0 radical (unpaired) electrons. The number of rotatable bonds is 16. The number of hydrogen-bond acceptors (Lipinski definition) is 14. The van der Waals surface area contributed by atoms with Gasteiger partial charge in [0.2, 0.25) is 70.9 Å². The number of hydrogen-bond donors (Lipinski definition) is 3. The van der Waals surface area contributed by atoms with E-state index in [1.807, 2.05) is 20.8 Å². The number of nitrogens with zero attached hydrogens (tertiary/aromatic N) is 9. The molecular weight excluding hydrogens is 1440 g/mol. The molecule has 110 heavy (non-hydrogen) atoms. The number of nitrogens with one attached hydrogen (secondary N) is 3. The first-order valence-electron chi connectivity index (χ1n) is 39.9. The Morgan fingerprint density at radius 3 is 1.82 bits per heavy atom. The van der Waals surface area contributed by atoms with Crippen LogP contribution in [-0.4, -0.2) is 289 Å². The number of carbonyl (C=O) groups excluding carboxylic acids is 12. The molecule has 3 N–H and O–H groups in total. The third-order valence-corrected chi connectivity index (χ3v) is 24.8. The Bertz CT molecular complexity index is 3340. The van der Waals surface area contributed by atoms with Crippen LogP contribution in [0.4, 0.5) is 26.3 Å². The first kappa shape index (κ1) is 88.4. The lowest BCUT2D eigenvalue weighted by atomic mass is 9.58. The van der Waals surface area contributed by atoms with Gasteiger partial charge in [0, 0.05) is 88.6 Å². The zero-order valence-corrected chi connectivity index (χ0v) is 67.0. The quantitative estimate of drug-likeness (QED) is 0.108. The van der Waals surface area contributed by atoms with E-state index in [4.69, 9.17) is 9.47 Å². The van der Waals surface area contributed by atoms with Gasteiger partial charge in [0.25, 0.3) is 0 Å². The molecule has 3 unspecified atom stereocenters. The lowest BCUT2D eigenvalue weighted by molar-refractivity contribution is -0.215. The molecule has 0 aromatic carbocycles. The average Bonchev–Trinajstić information content (AvgIpc) is 0.798. The predicted octanol–water partition coefficient (Wildman–Crippen LogP) is 6.61. The molecule has 5 aliphatic carbocycles. The van der Waals surface area contributed by atoms with Crippen LogP contribution in [0.2, 0.25) is 0 Å². The second kappa shape index (κ2) is 37.2. The molecule has 26 nitrogen and oxygen atoms in total. The minimum Gasteiger partial charge on any atom is -0.381 e. The molecule has 620 valence electrons. The fourth-order valence-corrected chi connectivity index (χ4v) is 17.8. The summed E-state index contributed by atoms with van der Waals surface area (Å²) >= 11 is 0. The lowest BCUT2D eigenvalue weighted by Gasteiger charge is -2.54. The van der Waals surface area contributed by atoms with E-state index in [2.05, 4.69) is 16.0 Å². The molecule has 8 aliphatic rings. The summed E-state index contributed by atoms with van der Waals surface area (Å²) in [7, 11) is 11.0. The van der Waals surface area contributed by atoms with Crippen LogP contribution in [0.15, 0.2) is 12.2 Å². The van der Waals surface area contributed by atoms with Gasteiger partial charge >= 0.3 is 12.4 Å². The summed E-state index contributed by atoms with van der Waals surface area (Å²) in [5, 5.41) is 8.77. The molecule has 1 spiro atoms. The highest BCUT2D eigenvalue weighted by molar-refractivity contribution is 6.01. The molecule has 3 heterocycles. The monoisotopic (exact) mass is 1560 g/mol. The van der Waals surface area contributed by atoms with E-state index in [0.29, 0.717) is 25.7 Å². The van der Waals surface area contributed by atoms with E-state index in [0.717, 1.165) is 22.6 Å². The van der Waals surface area contributed by atoms with Gasteiger partial charge in [0.1, 0.15) is 60.4 Å². The fourth-order valence-electron chi connectivity index (χ4n) is 17.8. The Morgan fingerprint density at radius 2 is 1.25 bits per heavy atom. The van der Waals surface area contributed by atoms with Crippen LogP contribution in [0.5, 0.6) is 0 Å². The summed E-state index contributed by atoms with van der Waals surface area (Å²) in [5.41, 5.74) is -2.25. The van der Waals surface area contributed by atoms with Crippen LogP contribution in [0.25, 0.3) is 0 Å². The molecule has 32 heteroatoms. The minimum absolute atomic E-state index is 0.0197. The van der Waals surface area contributed by atoms with Crippen molar-refractivity contribution in [2.75, 3.05) is 89.2 Å². The third-order valence-electron chi connectivity index (χ3n) is 24.8. The zero-order chi connectivity index (χ0) is 81.4. The average molecular weight is 1570 g/mol. The van der Waals surface area contributed by atoms with E-state index in [-0.39, 0.29) is 135 Å². The molecule has 0 aromatic rings. The van der Waals surface area contributed by atoms with Gasteiger partial charge in [-0.15, -0.1) is 0 Å². The highest BCUT2D eigenvalue weighted by atomic mass is 19.4. The van der Waals surface area contributed by atoms with Crippen LogP contribution in [-0.2, 0) is 67.0 Å². The number of ether oxygens (including phenoxy) is 2. The summed E-state index contributed by atoms with van der Waals surface area (Å²) in [4.78, 5) is 194. The second-order valence-electron chi connectivity index (χ2n) is 33.9. The Labute approximate surface area is 644 Å². The van der Waals surface area contributed by atoms with Crippen molar-refractivity contribution in [3.05, 3.63) is 12.2 Å². The van der Waals surface area contributed by atoms with Gasteiger partial charge in [-0.05, 0) is 152 Å². The summed E-state index contributed by atoms with van der Waals surface area (Å²) in [6.45, 7) is 9.40. The number of likely N-dealkylation sites (N-methyl/N-ethyl adjacent to an activating group) is 6. The van der Waals surface area contributed by atoms with Gasteiger partial charge in [-0.3, -0.25) is 57.5 Å². The molecule has 7 fully saturated rings. The van der Waals surface area contributed by atoms with Gasteiger partial charge in [0.15, 0.2) is 0 Å². The highest BCUT2D eigenvalue weighted by Gasteiger charge is 2.59. The maximum absolute atomic E-state index is 15.7. The van der Waals surface area contributed by atoms with E-state index in [1.165, 1.54) is 90.7 Å². The van der Waals surface area contributed by atoms with Crippen molar-refractivity contribution in [1.29, 1.82) is 0 Å². The number of fused-ring (bicyclic) bond motifs is 3.